The lowest BCUT2D eigenvalue weighted by Gasteiger charge is -2.15. The number of nitrogens with zero attached hydrogens (tertiary/aromatic N) is 1. The van der Waals surface area contributed by atoms with Crippen LogP contribution < -0.4 is 16.0 Å². The number of carbonyl (C=O) groups is 2. The van der Waals surface area contributed by atoms with E-state index in [0.29, 0.717) is 22.6 Å². The van der Waals surface area contributed by atoms with Crippen molar-refractivity contribution < 1.29 is 9.59 Å². The molecule has 6 nitrogen and oxygen atoms in total. The summed E-state index contributed by atoms with van der Waals surface area (Å²) in [4.78, 5) is 25.2. The molecule has 0 bridgehead atoms. The van der Waals surface area contributed by atoms with Crippen LogP contribution in [0.15, 0.2) is 103 Å². The van der Waals surface area contributed by atoms with Gasteiger partial charge in [-0.2, -0.15) is 0 Å². The van der Waals surface area contributed by atoms with Crippen LogP contribution in [0.25, 0.3) is 5.69 Å². The number of anilines is 3. The predicted molar refractivity (Wildman–Crippen MR) is 119 cm³/mol. The number of carbonyl (C=O) groups excluding carboxylic acids is 2. The molecule has 4 aromatic rings. The van der Waals surface area contributed by atoms with Gasteiger partial charge in [-0.05, 0) is 54.6 Å². The van der Waals surface area contributed by atoms with E-state index in [-0.39, 0.29) is 5.91 Å². The van der Waals surface area contributed by atoms with E-state index in [2.05, 4.69) is 16.0 Å². The van der Waals surface area contributed by atoms with E-state index in [1.165, 1.54) is 0 Å². The van der Waals surface area contributed by atoms with Crippen molar-refractivity contribution in [3.63, 3.8) is 0 Å². The average Bonchev–Trinajstić information content (AvgIpc) is 3.30. The quantitative estimate of drug-likeness (QED) is 0.424. The van der Waals surface area contributed by atoms with E-state index in [9.17, 15) is 9.59 Å². The maximum absolute atomic E-state index is 12.7. The van der Waals surface area contributed by atoms with Crippen molar-refractivity contribution >= 4 is 29.0 Å². The van der Waals surface area contributed by atoms with E-state index < -0.39 is 6.03 Å². The summed E-state index contributed by atoms with van der Waals surface area (Å²) in [5.74, 6) is -0.258. The highest BCUT2D eigenvalue weighted by molar-refractivity contribution is 6.07. The summed E-state index contributed by atoms with van der Waals surface area (Å²) < 4.78 is 1.87. The van der Waals surface area contributed by atoms with Gasteiger partial charge in [0.2, 0.25) is 0 Å². The highest BCUT2D eigenvalue weighted by Gasteiger charge is 2.13. The van der Waals surface area contributed by atoms with Gasteiger partial charge in [-0.1, -0.05) is 36.4 Å². The molecule has 0 fully saturated rings. The maximum Gasteiger partial charge on any atom is 0.323 e. The van der Waals surface area contributed by atoms with Gasteiger partial charge in [0.05, 0.1) is 11.4 Å². The number of aromatic nitrogens is 1. The van der Waals surface area contributed by atoms with E-state index >= 15 is 0 Å². The number of urea groups is 1. The molecule has 0 saturated heterocycles. The molecule has 1 aromatic heterocycles. The van der Waals surface area contributed by atoms with Crippen LogP contribution in [0.4, 0.5) is 21.9 Å². The van der Waals surface area contributed by atoms with Gasteiger partial charge in [0.1, 0.15) is 0 Å². The van der Waals surface area contributed by atoms with Crippen molar-refractivity contribution in [2.75, 3.05) is 16.0 Å². The summed E-state index contributed by atoms with van der Waals surface area (Å²) >= 11 is 0. The molecule has 0 atom stereocenters. The summed E-state index contributed by atoms with van der Waals surface area (Å²) in [5, 5.41) is 8.51. The molecule has 148 valence electrons. The average molecular weight is 396 g/mol. The zero-order valence-electron chi connectivity index (χ0n) is 16.1. The molecule has 6 heteroatoms. The fourth-order valence-corrected chi connectivity index (χ4v) is 3.03. The molecule has 0 aliphatic carbocycles. The number of para-hydroxylation sites is 2. The van der Waals surface area contributed by atoms with E-state index in [1.807, 2.05) is 77.6 Å². The third-order valence-electron chi connectivity index (χ3n) is 4.45. The molecule has 0 radical (unpaired) electrons. The first-order valence-electron chi connectivity index (χ1n) is 9.46. The largest absolute Gasteiger partial charge is 0.323 e. The smallest absolute Gasteiger partial charge is 0.322 e. The minimum absolute atomic E-state index is 0.258. The molecule has 0 aliphatic heterocycles. The molecule has 3 amide bonds. The zero-order chi connectivity index (χ0) is 20.8. The van der Waals surface area contributed by atoms with Crippen molar-refractivity contribution in [1.82, 2.24) is 4.57 Å². The molecule has 1 heterocycles. The van der Waals surface area contributed by atoms with Gasteiger partial charge in [0, 0.05) is 29.3 Å². The topological polar surface area (TPSA) is 75.2 Å². The van der Waals surface area contributed by atoms with Gasteiger partial charge in [-0.3, -0.25) is 4.79 Å². The van der Waals surface area contributed by atoms with Crippen LogP contribution in [-0.2, 0) is 0 Å². The van der Waals surface area contributed by atoms with Crippen LogP contribution in [0, 0.1) is 0 Å². The van der Waals surface area contributed by atoms with Crippen molar-refractivity contribution in [2.45, 2.75) is 0 Å². The van der Waals surface area contributed by atoms with Crippen LogP contribution in [0.3, 0.4) is 0 Å². The zero-order valence-corrected chi connectivity index (χ0v) is 16.1. The fraction of sp³-hybridized carbons (Fsp3) is 0. The highest BCUT2D eigenvalue weighted by Crippen LogP contribution is 2.23. The molecule has 3 aromatic carbocycles. The van der Waals surface area contributed by atoms with E-state index in [1.54, 1.807) is 30.3 Å². The number of benzene rings is 3. The molecule has 0 aliphatic rings. The molecule has 0 saturated carbocycles. The van der Waals surface area contributed by atoms with Crippen LogP contribution in [0.1, 0.15) is 10.4 Å². The summed E-state index contributed by atoms with van der Waals surface area (Å²) in [5.41, 5.74) is 3.08. The summed E-state index contributed by atoms with van der Waals surface area (Å²) in [6.07, 6.45) is 3.75. The normalized spacial score (nSPS) is 10.3. The van der Waals surface area contributed by atoms with Gasteiger partial charge >= 0.3 is 6.03 Å². The van der Waals surface area contributed by atoms with Crippen LogP contribution in [0.2, 0.25) is 0 Å². The van der Waals surface area contributed by atoms with Crippen LogP contribution in [-0.4, -0.2) is 16.5 Å². The van der Waals surface area contributed by atoms with E-state index in [0.717, 1.165) is 5.69 Å². The summed E-state index contributed by atoms with van der Waals surface area (Å²) in [6, 6.07) is 27.0. The molecule has 0 unspecified atom stereocenters. The Morgan fingerprint density at radius 2 is 1.23 bits per heavy atom. The minimum atomic E-state index is -0.393. The number of hydrogen-bond donors (Lipinski definition) is 3. The van der Waals surface area contributed by atoms with Crippen molar-refractivity contribution in [2.24, 2.45) is 0 Å². The Balaban J connectivity index is 1.59. The minimum Gasteiger partial charge on any atom is -0.322 e. The lowest BCUT2D eigenvalue weighted by atomic mass is 10.1. The molecule has 4 rings (SSSR count). The van der Waals surface area contributed by atoms with Gasteiger partial charge in [0.25, 0.3) is 5.91 Å². The predicted octanol–water partition coefficient (Wildman–Crippen LogP) is 5.37. The number of nitrogens with one attached hydrogen (secondary N) is 3. The Hall–Kier alpha value is -4.32. The van der Waals surface area contributed by atoms with Crippen molar-refractivity contribution in [1.29, 1.82) is 0 Å². The molecular formula is C24H20N4O2. The maximum atomic E-state index is 12.7. The Labute approximate surface area is 174 Å². The Morgan fingerprint density at radius 3 is 1.87 bits per heavy atom. The molecular weight excluding hydrogens is 376 g/mol. The van der Waals surface area contributed by atoms with Crippen molar-refractivity contribution in [3.05, 3.63) is 109 Å². The third-order valence-corrected chi connectivity index (χ3v) is 4.45. The fourth-order valence-electron chi connectivity index (χ4n) is 3.03. The van der Waals surface area contributed by atoms with Gasteiger partial charge in [-0.25, -0.2) is 4.79 Å². The van der Waals surface area contributed by atoms with Crippen LogP contribution >= 0.6 is 0 Å². The Kier molecular flexibility index (Phi) is 5.57. The first kappa shape index (κ1) is 19.0. The second-order valence-electron chi connectivity index (χ2n) is 6.59. The first-order chi connectivity index (χ1) is 14.7. The number of amides is 3. The summed E-state index contributed by atoms with van der Waals surface area (Å²) in [7, 11) is 0. The van der Waals surface area contributed by atoms with Crippen molar-refractivity contribution in [3.8, 4) is 5.69 Å². The standard InChI is InChI=1S/C24H20N4O2/c29-23(25-19-9-3-1-4-10-19)18-13-14-22(28-15-7-8-16-28)21(17-18)27-24(30)26-20-11-5-2-6-12-20/h1-17H,(H,25,29)(H2,26,27,30). The summed E-state index contributed by atoms with van der Waals surface area (Å²) in [6.45, 7) is 0. The highest BCUT2D eigenvalue weighted by atomic mass is 16.2. The Bertz CT molecular complexity index is 1140. The first-order valence-corrected chi connectivity index (χ1v) is 9.46. The number of hydrogen-bond acceptors (Lipinski definition) is 2. The monoisotopic (exact) mass is 396 g/mol. The third kappa shape index (κ3) is 4.56. The SMILES string of the molecule is O=C(Nc1ccccc1)Nc1cc(C(=O)Nc2ccccc2)ccc1-n1cccc1. The second kappa shape index (κ2) is 8.79. The van der Waals surface area contributed by atoms with Gasteiger partial charge in [0.15, 0.2) is 0 Å². The van der Waals surface area contributed by atoms with Crippen LogP contribution in [0.5, 0.6) is 0 Å². The molecule has 3 N–H and O–H groups in total. The molecule has 30 heavy (non-hydrogen) atoms. The lowest BCUT2D eigenvalue weighted by molar-refractivity contribution is 0.102. The van der Waals surface area contributed by atoms with Gasteiger partial charge < -0.3 is 20.5 Å². The Morgan fingerprint density at radius 1 is 0.633 bits per heavy atom. The van der Waals surface area contributed by atoms with E-state index in [4.69, 9.17) is 0 Å². The second-order valence-corrected chi connectivity index (χ2v) is 6.59. The van der Waals surface area contributed by atoms with Gasteiger partial charge in [-0.15, -0.1) is 0 Å². The number of rotatable bonds is 5. The lowest BCUT2D eigenvalue weighted by Crippen LogP contribution is -2.21. The molecule has 0 spiro atoms.